The highest BCUT2D eigenvalue weighted by Crippen LogP contribution is 2.19. The minimum Gasteiger partial charge on any atom is -0.392 e. The first-order valence-electron chi connectivity index (χ1n) is 7.06. The average Bonchev–Trinajstić information content (AvgIpc) is 3.08. The van der Waals surface area contributed by atoms with Gasteiger partial charge >= 0.3 is 0 Å². The van der Waals surface area contributed by atoms with E-state index in [9.17, 15) is 5.11 Å². The number of benzene rings is 1. The molecular formula is C16H17N5O. The van der Waals surface area contributed by atoms with Crippen molar-refractivity contribution in [3.05, 3.63) is 55.2 Å². The maximum absolute atomic E-state index is 9.30. The van der Waals surface area contributed by atoms with Gasteiger partial charge in [-0.15, -0.1) is 0 Å². The Kier molecular flexibility index (Phi) is 4.11. The Balaban J connectivity index is 1.80. The molecule has 22 heavy (non-hydrogen) atoms. The molecule has 0 radical (unpaired) electrons. The first-order valence-corrected chi connectivity index (χ1v) is 7.06. The monoisotopic (exact) mass is 295 g/mol. The fraction of sp³-hybridized carbons (Fsp3) is 0.188. The van der Waals surface area contributed by atoms with E-state index in [4.69, 9.17) is 0 Å². The first-order chi connectivity index (χ1) is 10.7. The molecular weight excluding hydrogens is 278 g/mol. The number of hydrogen-bond donors (Lipinski definition) is 2. The van der Waals surface area contributed by atoms with E-state index in [1.54, 1.807) is 25.6 Å². The lowest BCUT2D eigenvalue weighted by Crippen LogP contribution is -2.16. The number of aromatic nitrogens is 4. The summed E-state index contributed by atoms with van der Waals surface area (Å²) in [6.45, 7) is 2.13. The Morgan fingerprint density at radius 1 is 1.18 bits per heavy atom. The minimum atomic E-state index is -0.443. The van der Waals surface area contributed by atoms with Crippen LogP contribution in [0.3, 0.4) is 0 Å². The molecule has 0 aliphatic rings. The van der Waals surface area contributed by atoms with E-state index in [1.165, 1.54) is 0 Å². The van der Waals surface area contributed by atoms with E-state index in [1.807, 2.05) is 41.1 Å². The normalized spacial score (nSPS) is 12.1. The van der Waals surface area contributed by atoms with E-state index < -0.39 is 6.10 Å². The predicted octanol–water partition coefficient (Wildman–Crippen LogP) is 2.12. The van der Waals surface area contributed by atoms with Gasteiger partial charge in [-0.25, -0.2) is 15.0 Å². The lowest BCUT2D eigenvalue weighted by Gasteiger charge is -2.08. The van der Waals surface area contributed by atoms with E-state index in [0.29, 0.717) is 12.5 Å². The van der Waals surface area contributed by atoms with Crippen LogP contribution in [0.1, 0.15) is 6.92 Å². The number of rotatable bonds is 5. The highest BCUT2D eigenvalue weighted by atomic mass is 16.3. The highest BCUT2D eigenvalue weighted by Gasteiger charge is 2.04. The van der Waals surface area contributed by atoms with Gasteiger partial charge in [0.15, 0.2) is 0 Å². The SMILES string of the molecule is CC(O)CNc1nccc(-c2ccc(-n3ccnc3)cc2)n1. The third kappa shape index (κ3) is 3.29. The maximum atomic E-state index is 9.30. The quantitative estimate of drug-likeness (QED) is 0.754. The molecule has 1 aromatic carbocycles. The van der Waals surface area contributed by atoms with Crippen molar-refractivity contribution in [1.29, 1.82) is 0 Å². The van der Waals surface area contributed by atoms with Gasteiger partial charge in [0, 0.05) is 36.4 Å². The number of imidazole rings is 1. The summed E-state index contributed by atoms with van der Waals surface area (Å²) in [5.74, 6) is 0.511. The van der Waals surface area contributed by atoms with Gasteiger partial charge in [-0.2, -0.15) is 0 Å². The van der Waals surface area contributed by atoms with Crippen LogP contribution in [0.15, 0.2) is 55.2 Å². The largest absolute Gasteiger partial charge is 0.392 e. The van der Waals surface area contributed by atoms with Gasteiger partial charge in [-0.1, -0.05) is 12.1 Å². The number of hydrogen-bond acceptors (Lipinski definition) is 5. The number of aliphatic hydroxyl groups is 1. The number of anilines is 1. The highest BCUT2D eigenvalue weighted by molar-refractivity contribution is 5.61. The van der Waals surface area contributed by atoms with Gasteiger partial charge in [-0.05, 0) is 25.1 Å². The predicted molar refractivity (Wildman–Crippen MR) is 84.8 cm³/mol. The minimum absolute atomic E-state index is 0.420. The summed E-state index contributed by atoms with van der Waals surface area (Å²) < 4.78 is 1.94. The lowest BCUT2D eigenvalue weighted by atomic mass is 10.1. The molecule has 3 aromatic rings. The van der Waals surface area contributed by atoms with Crippen molar-refractivity contribution in [2.45, 2.75) is 13.0 Å². The fourth-order valence-corrected chi connectivity index (χ4v) is 2.06. The van der Waals surface area contributed by atoms with Crippen LogP contribution in [0.4, 0.5) is 5.95 Å². The van der Waals surface area contributed by atoms with Gasteiger partial charge in [0.05, 0.1) is 18.1 Å². The molecule has 0 amide bonds. The van der Waals surface area contributed by atoms with E-state index in [-0.39, 0.29) is 0 Å². The van der Waals surface area contributed by atoms with Crippen LogP contribution in [0.2, 0.25) is 0 Å². The molecule has 2 aromatic heterocycles. The molecule has 0 spiro atoms. The molecule has 0 saturated carbocycles. The molecule has 0 fully saturated rings. The molecule has 3 rings (SSSR count). The third-order valence-electron chi connectivity index (χ3n) is 3.18. The Hall–Kier alpha value is -2.73. The van der Waals surface area contributed by atoms with Crippen LogP contribution >= 0.6 is 0 Å². The van der Waals surface area contributed by atoms with Crippen LogP contribution < -0.4 is 5.32 Å². The topological polar surface area (TPSA) is 75.9 Å². The molecule has 6 heteroatoms. The second kappa shape index (κ2) is 6.36. The molecule has 2 N–H and O–H groups in total. The van der Waals surface area contributed by atoms with Crippen molar-refractivity contribution in [3.63, 3.8) is 0 Å². The molecule has 0 aliphatic heterocycles. The molecule has 112 valence electrons. The van der Waals surface area contributed by atoms with Crippen molar-refractivity contribution in [2.24, 2.45) is 0 Å². The van der Waals surface area contributed by atoms with Crippen molar-refractivity contribution in [1.82, 2.24) is 19.5 Å². The first kappa shape index (κ1) is 14.2. The van der Waals surface area contributed by atoms with Crippen molar-refractivity contribution in [2.75, 3.05) is 11.9 Å². The second-order valence-corrected chi connectivity index (χ2v) is 5.01. The van der Waals surface area contributed by atoms with E-state index in [0.717, 1.165) is 16.9 Å². The number of nitrogens with one attached hydrogen (secondary N) is 1. The van der Waals surface area contributed by atoms with Crippen LogP contribution in [0.25, 0.3) is 16.9 Å². The summed E-state index contributed by atoms with van der Waals surface area (Å²) >= 11 is 0. The Morgan fingerprint density at radius 2 is 2.00 bits per heavy atom. The standard InChI is InChI=1S/C16H17N5O/c1-12(22)10-19-16-18-7-6-15(20-16)13-2-4-14(5-3-13)21-9-8-17-11-21/h2-9,11-12,22H,10H2,1H3,(H,18,19,20). The summed E-state index contributed by atoms with van der Waals surface area (Å²) in [5.41, 5.74) is 2.88. The summed E-state index contributed by atoms with van der Waals surface area (Å²) in [6.07, 6.45) is 6.67. The zero-order valence-corrected chi connectivity index (χ0v) is 12.2. The molecule has 2 heterocycles. The van der Waals surface area contributed by atoms with Crippen LogP contribution in [-0.4, -0.2) is 37.3 Å². The van der Waals surface area contributed by atoms with Crippen LogP contribution in [-0.2, 0) is 0 Å². The smallest absolute Gasteiger partial charge is 0.223 e. The summed E-state index contributed by atoms with van der Waals surface area (Å²) in [7, 11) is 0. The van der Waals surface area contributed by atoms with E-state index >= 15 is 0 Å². The Bertz CT molecular complexity index is 723. The zero-order valence-electron chi connectivity index (χ0n) is 12.2. The van der Waals surface area contributed by atoms with Gasteiger partial charge in [-0.3, -0.25) is 0 Å². The van der Waals surface area contributed by atoms with E-state index in [2.05, 4.69) is 20.3 Å². The van der Waals surface area contributed by atoms with Crippen LogP contribution in [0, 0.1) is 0 Å². The maximum Gasteiger partial charge on any atom is 0.223 e. The summed E-state index contributed by atoms with van der Waals surface area (Å²) in [6, 6.07) is 9.91. The van der Waals surface area contributed by atoms with Crippen molar-refractivity contribution in [3.8, 4) is 16.9 Å². The summed E-state index contributed by atoms with van der Waals surface area (Å²) in [5, 5.41) is 12.3. The van der Waals surface area contributed by atoms with Gasteiger partial charge < -0.3 is 15.0 Å². The number of nitrogens with zero attached hydrogens (tertiary/aromatic N) is 4. The van der Waals surface area contributed by atoms with Crippen molar-refractivity contribution >= 4 is 5.95 Å². The van der Waals surface area contributed by atoms with Gasteiger partial charge in [0.1, 0.15) is 0 Å². The molecule has 1 atom stereocenters. The summed E-state index contributed by atoms with van der Waals surface area (Å²) in [4.78, 5) is 12.6. The third-order valence-corrected chi connectivity index (χ3v) is 3.18. The lowest BCUT2D eigenvalue weighted by molar-refractivity contribution is 0.208. The Labute approximate surface area is 128 Å². The average molecular weight is 295 g/mol. The molecule has 6 nitrogen and oxygen atoms in total. The fourth-order valence-electron chi connectivity index (χ4n) is 2.06. The number of aliphatic hydroxyl groups excluding tert-OH is 1. The molecule has 0 saturated heterocycles. The molecule has 0 aliphatic carbocycles. The molecule has 0 bridgehead atoms. The van der Waals surface area contributed by atoms with Crippen molar-refractivity contribution < 1.29 is 5.11 Å². The Morgan fingerprint density at radius 3 is 2.68 bits per heavy atom. The van der Waals surface area contributed by atoms with Gasteiger partial charge in [0.25, 0.3) is 0 Å². The zero-order chi connectivity index (χ0) is 15.4. The van der Waals surface area contributed by atoms with Gasteiger partial charge in [0.2, 0.25) is 5.95 Å². The van der Waals surface area contributed by atoms with Crippen LogP contribution in [0.5, 0.6) is 0 Å². The second-order valence-electron chi connectivity index (χ2n) is 5.01. The molecule has 1 unspecified atom stereocenters.